The first kappa shape index (κ1) is 15.5. The average Bonchev–Trinajstić information content (AvgIpc) is 2.49. The Bertz CT molecular complexity index is 629. The van der Waals surface area contributed by atoms with E-state index in [1.165, 1.54) is 6.07 Å². The Kier molecular flexibility index (Phi) is 5.33. The lowest BCUT2D eigenvalue weighted by Crippen LogP contribution is -2.12. The smallest absolute Gasteiger partial charge is 0.224 e. The third-order valence-corrected chi connectivity index (χ3v) is 3.65. The van der Waals surface area contributed by atoms with Crippen LogP contribution in [0, 0.1) is 5.82 Å². The number of carbonyl (C=O) groups is 1. The van der Waals surface area contributed by atoms with Crippen molar-refractivity contribution in [2.75, 3.05) is 12.4 Å². The van der Waals surface area contributed by atoms with E-state index in [-0.39, 0.29) is 5.91 Å². The first-order valence-electron chi connectivity index (χ1n) is 6.46. The molecule has 110 valence electrons. The first-order chi connectivity index (χ1) is 10.1. The van der Waals surface area contributed by atoms with Crippen LogP contribution >= 0.6 is 15.9 Å². The topological polar surface area (TPSA) is 38.3 Å². The predicted molar refractivity (Wildman–Crippen MR) is 84.0 cm³/mol. The summed E-state index contributed by atoms with van der Waals surface area (Å²) >= 11 is 3.07. The molecule has 2 aromatic rings. The van der Waals surface area contributed by atoms with Crippen molar-refractivity contribution in [2.45, 2.75) is 12.8 Å². The molecule has 0 unspecified atom stereocenters. The van der Waals surface area contributed by atoms with Crippen LogP contribution in [0.25, 0.3) is 0 Å². The fourth-order valence-electron chi connectivity index (χ4n) is 1.85. The Hall–Kier alpha value is -1.88. The maximum Gasteiger partial charge on any atom is 0.224 e. The van der Waals surface area contributed by atoms with Gasteiger partial charge < -0.3 is 10.1 Å². The lowest BCUT2D eigenvalue weighted by atomic mass is 10.1. The van der Waals surface area contributed by atoms with Crippen LogP contribution in [-0.4, -0.2) is 13.0 Å². The standard InChI is InChI=1S/C16H15BrFNO2/c1-21-13-6-2-11(3-7-13)4-9-16(20)19-12-5-8-14(17)15(18)10-12/h2-3,5-8,10H,4,9H2,1H3,(H,19,20). The molecule has 21 heavy (non-hydrogen) atoms. The number of carbonyl (C=O) groups excluding carboxylic acids is 1. The van der Waals surface area contributed by atoms with E-state index in [0.29, 0.717) is 23.0 Å². The van der Waals surface area contributed by atoms with Gasteiger partial charge in [0.1, 0.15) is 11.6 Å². The summed E-state index contributed by atoms with van der Waals surface area (Å²) in [6.45, 7) is 0. The minimum Gasteiger partial charge on any atom is -0.497 e. The number of ether oxygens (including phenoxy) is 1. The zero-order valence-electron chi connectivity index (χ0n) is 11.5. The van der Waals surface area contributed by atoms with Gasteiger partial charge in [-0.3, -0.25) is 4.79 Å². The minimum atomic E-state index is -0.400. The average molecular weight is 352 g/mol. The molecular weight excluding hydrogens is 337 g/mol. The van der Waals surface area contributed by atoms with Crippen molar-refractivity contribution >= 4 is 27.5 Å². The lowest BCUT2D eigenvalue weighted by molar-refractivity contribution is -0.116. The van der Waals surface area contributed by atoms with Crippen LogP contribution < -0.4 is 10.1 Å². The van der Waals surface area contributed by atoms with Gasteiger partial charge in [0.15, 0.2) is 0 Å². The highest BCUT2D eigenvalue weighted by atomic mass is 79.9. The van der Waals surface area contributed by atoms with Crippen molar-refractivity contribution in [2.24, 2.45) is 0 Å². The summed E-state index contributed by atoms with van der Waals surface area (Å²) in [5, 5.41) is 2.68. The summed E-state index contributed by atoms with van der Waals surface area (Å²) in [5.41, 5.74) is 1.50. The van der Waals surface area contributed by atoms with Crippen LogP contribution in [0.5, 0.6) is 5.75 Å². The number of benzene rings is 2. The molecule has 0 aliphatic carbocycles. The minimum absolute atomic E-state index is 0.146. The van der Waals surface area contributed by atoms with Gasteiger partial charge in [-0.15, -0.1) is 0 Å². The highest BCUT2D eigenvalue weighted by Gasteiger charge is 2.06. The summed E-state index contributed by atoms with van der Waals surface area (Å²) in [6, 6.07) is 12.1. The highest BCUT2D eigenvalue weighted by molar-refractivity contribution is 9.10. The third-order valence-electron chi connectivity index (χ3n) is 3.00. The largest absolute Gasteiger partial charge is 0.497 e. The molecule has 0 saturated heterocycles. The number of aryl methyl sites for hydroxylation is 1. The van der Waals surface area contributed by atoms with E-state index in [9.17, 15) is 9.18 Å². The van der Waals surface area contributed by atoms with Crippen molar-refractivity contribution in [3.05, 3.63) is 58.3 Å². The highest BCUT2D eigenvalue weighted by Crippen LogP contribution is 2.19. The summed E-state index contributed by atoms with van der Waals surface area (Å²) in [7, 11) is 1.61. The molecule has 0 atom stereocenters. The molecule has 0 radical (unpaired) electrons. The van der Waals surface area contributed by atoms with Gasteiger partial charge >= 0.3 is 0 Å². The second kappa shape index (κ2) is 7.22. The number of nitrogens with one attached hydrogen (secondary N) is 1. The Balaban J connectivity index is 1.87. The van der Waals surface area contributed by atoms with Gasteiger partial charge in [0.05, 0.1) is 11.6 Å². The van der Waals surface area contributed by atoms with Gasteiger partial charge in [-0.05, 0) is 58.2 Å². The fraction of sp³-hybridized carbons (Fsp3) is 0.188. The van der Waals surface area contributed by atoms with E-state index in [1.54, 1.807) is 19.2 Å². The van der Waals surface area contributed by atoms with Gasteiger partial charge in [0.25, 0.3) is 0 Å². The van der Waals surface area contributed by atoms with Crippen LogP contribution in [0.2, 0.25) is 0 Å². The van der Waals surface area contributed by atoms with Crippen molar-refractivity contribution in [3.63, 3.8) is 0 Å². The summed E-state index contributed by atoms with van der Waals surface area (Å²) in [6.07, 6.45) is 0.957. The Labute approximate surface area is 131 Å². The fourth-order valence-corrected chi connectivity index (χ4v) is 2.09. The van der Waals surface area contributed by atoms with E-state index < -0.39 is 5.82 Å². The Morgan fingerprint density at radius 2 is 1.95 bits per heavy atom. The molecule has 5 heteroatoms. The number of halogens is 2. The number of methoxy groups -OCH3 is 1. The molecule has 0 heterocycles. The predicted octanol–water partition coefficient (Wildman–Crippen LogP) is 4.17. The van der Waals surface area contributed by atoms with Crippen LogP contribution in [-0.2, 0) is 11.2 Å². The molecule has 0 fully saturated rings. The summed E-state index contributed by atoms with van der Waals surface area (Å²) < 4.78 is 18.8. The van der Waals surface area contributed by atoms with Crippen molar-refractivity contribution in [1.82, 2.24) is 0 Å². The number of amides is 1. The van der Waals surface area contributed by atoms with E-state index in [1.807, 2.05) is 24.3 Å². The molecule has 2 aromatic carbocycles. The molecule has 0 saturated carbocycles. The van der Waals surface area contributed by atoms with Crippen molar-refractivity contribution in [1.29, 1.82) is 0 Å². The summed E-state index contributed by atoms with van der Waals surface area (Å²) in [4.78, 5) is 11.8. The number of anilines is 1. The normalized spacial score (nSPS) is 10.2. The molecular formula is C16H15BrFNO2. The van der Waals surface area contributed by atoms with E-state index >= 15 is 0 Å². The Morgan fingerprint density at radius 3 is 2.57 bits per heavy atom. The monoisotopic (exact) mass is 351 g/mol. The van der Waals surface area contributed by atoms with Crippen molar-refractivity contribution < 1.29 is 13.9 Å². The van der Waals surface area contributed by atoms with Crippen LogP contribution in [0.15, 0.2) is 46.9 Å². The van der Waals surface area contributed by atoms with Gasteiger partial charge in [-0.1, -0.05) is 12.1 Å². The maximum absolute atomic E-state index is 13.3. The number of hydrogen-bond donors (Lipinski definition) is 1. The van der Waals surface area contributed by atoms with Crippen LogP contribution in [0.4, 0.5) is 10.1 Å². The number of hydrogen-bond acceptors (Lipinski definition) is 2. The molecule has 2 rings (SSSR count). The molecule has 0 spiro atoms. The van der Waals surface area contributed by atoms with E-state index in [0.717, 1.165) is 11.3 Å². The van der Waals surface area contributed by atoms with E-state index in [2.05, 4.69) is 21.2 Å². The van der Waals surface area contributed by atoms with Gasteiger partial charge in [-0.25, -0.2) is 4.39 Å². The van der Waals surface area contributed by atoms with Gasteiger partial charge in [0, 0.05) is 12.1 Å². The quantitative estimate of drug-likeness (QED) is 0.877. The molecule has 1 amide bonds. The van der Waals surface area contributed by atoms with Gasteiger partial charge in [0.2, 0.25) is 5.91 Å². The zero-order chi connectivity index (χ0) is 15.2. The van der Waals surface area contributed by atoms with Crippen LogP contribution in [0.3, 0.4) is 0 Å². The van der Waals surface area contributed by atoms with Crippen molar-refractivity contribution in [3.8, 4) is 5.75 Å². The summed E-state index contributed by atoms with van der Waals surface area (Å²) in [5.74, 6) is 0.240. The Morgan fingerprint density at radius 1 is 1.24 bits per heavy atom. The lowest BCUT2D eigenvalue weighted by Gasteiger charge is -2.06. The second-order valence-corrected chi connectivity index (χ2v) is 5.38. The number of rotatable bonds is 5. The molecule has 1 N–H and O–H groups in total. The first-order valence-corrected chi connectivity index (χ1v) is 7.25. The molecule has 0 aliphatic heterocycles. The SMILES string of the molecule is COc1ccc(CCC(=O)Nc2ccc(Br)c(F)c2)cc1. The zero-order valence-corrected chi connectivity index (χ0v) is 13.1. The molecule has 0 bridgehead atoms. The molecule has 3 nitrogen and oxygen atoms in total. The second-order valence-electron chi connectivity index (χ2n) is 4.53. The van der Waals surface area contributed by atoms with E-state index in [4.69, 9.17) is 4.74 Å². The third kappa shape index (κ3) is 4.56. The maximum atomic E-state index is 13.3. The molecule has 0 aromatic heterocycles. The van der Waals surface area contributed by atoms with Gasteiger partial charge in [-0.2, -0.15) is 0 Å². The van der Waals surface area contributed by atoms with Crippen LogP contribution in [0.1, 0.15) is 12.0 Å². The molecule has 0 aliphatic rings.